The summed E-state index contributed by atoms with van der Waals surface area (Å²) in [6.45, 7) is 0. The monoisotopic (exact) mass is 652 g/mol. The van der Waals surface area contributed by atoms with Crippen LogP contribution in [0, 0.1) is 0 Å². The molecule has 0 unspecified atom stereocenters. The van der Waals surface area contributed by atoms with E-state index in [1.807, 2.05) is 0 Å². The number of carboxylic acid groups (broad SMARTS) is 2. The number of carboxylic acids is 2. The van der Waals surface area contributed by atoms with E-state index in [2.05, 4.69) is 9.68 Å². The highest BCUT2D eigenvalue weighted by atomic mass is 16.7. The number of hydrogen-bond acceptors (Lipinski definition) is 14. The molecule has 0 aromatic carbocycles. The Morgan fingerprint density at radius 1 is 0.500 bits per heavy atom. The summed E-state index contributed by atoms with van der Waals surface area (Å²) in [5.74, 6) is -10.3. The molecule has 0 aromatic heterocycles. The summed E-state index contributed by atoms with van der Waals surface area (Å²) >= 11 is 0. The number of imide groups is 4. The summed E-state index contributed by atoms with van der Waals surface area (Å²) < 4.78 is 0. The van der Waals surface area contributed by atoms with E-state index in [0.717, 1.165) is 0 Å². The summed E-state index contributed by atoms with van der Waals surface area (Å²) in [6, 6.07) is 0. The molecule has 248 valence electrons. The smallest absolute Gasteiger partial charge is 0.333 e. The van der Waals surface area contributed by atoms with E-state index < -0.39 is 89.6 Å². The van der Waals surface area contributed by atoms with Crippen molar-refractivity contribution >= 4 is 71.1 Å². The fourth-order valence-electron chi connectivity index (χ4n) is 5.03. The van der Waals surface area contributed by atoms with Crippen LogP contribution in [0.4, 0.5) is 0 Å². The third-order valence-corrected chi connectivity index (χ3v) is 6.96. The van der Waals surface area contributed by atoms with Gasteiger partial charge in [0.1, 0.15) is 0 Å². The zero-order chi connectivity index (χ0) is 34.3. The van der Waals surface area contributed by atoms with Crippen molar-refractivity contribution in [3.8, 4) is 0 Å². The fraction of sp³-hybridized carbons (Fsp3) is 0.538. The summed E-state index contributed by atoms with van der Waals surface area (Å²) in [4.78, 5) is 149. The van der Waals surface area contributed by atoms with Gasteiger partial charge < -0.3 is 19.9 Å². The standard InChI is InChI=1S/2C13H14N2O8/c16-7-1-2-8(17)14(7)13(5-11(20)21,6-12(22)23)15-9(18)3-4-10(15)19;16-8-4-5-9(17)14(8)22-12(20)2-1-3-13(21)23-15-10(18)6-7-11(15)19/h1-6H2,(H,20,21)(H,22,23);1-7H2. The van der Waals surface area contributed by atoms with Crippen LogP contribution in [0.2, 0.25) is 0 Å². The number of hydroxylamine groups is 4. The van der Waals surface area contributed by atoms with Crippen molar-refractivity contribution < 1.29 is 77.4 Å². The maximum absolute atomic E-state index is 12.0. The van der Waals surface area contributed by atoms with Gasteiger partial charge in [-0.2, -0.15) is 0 Å². The van der Waals surface area contributed by atoms with Crippen LogP contribution < -0.4 is 0 Å². The van der Waals surface area contributed by atoms with E-state index in [1.54, 1.807) is 0 Å². The predicted octanol–water partition coefficient (Wildman–Crippen LogP) is -1.70. The Balaban J connectivity index is 0.000000250. The minimum absolute atomic E-state index is 0.00364. The van der Waals surface area contributed by atoms with Crippen LogP contribution >= 0.6 is 0 Å². The van der Waals surface area contributed by atoms with Crippen molar-refractivity contribution in [1.82, 2.24) is 19.9 Å². The number of hydrogen-bond donors (Lipinski definition) is 2. The first-order valence-electron chi connectivity index (χ1n) is 13.9. The maximum Gasteiger partial charge on any atom is 0.333 e. The number of rotatable bonds is 12. The van der Waals surface area contributed by atoms with Crippen LogP contribution in [0.1, 0.15) is 83.5 Å². The van der Waals surface area contributed by atoms with E-state index in [0.29, 0.717) is 19.9 Å². The summed E-state index contributed by atoms with van der Waals surface area (Å²) in [6.07, 6.45) is -3.42. The van der Waals surface area contributed by atoms with Gasteiger partial charge in [0.2, 0.25) is 23.6 Å². The number of likely N-dealkylation sites (tertiary alicyclic amines) is 2. The van der Waals surface area contributed by atoms with Crippen LogP contribution in [0.5, 0.6) is 0 Å². The van der Waals surface area contributed by atoms with Gasteiger partial charge in [-0.05, 0) is 6.42 Å². The van der Waals surface area contributed by atoms with Crippen LogP contribution in [0.3, 0.4) is 0 Å². The largest absolute Gasteiger partial charge is 0.481 e. The van der Waals surface area contributed by atoms with Crippen molar-refractivity contribution in [2.24, 2.45) is 0 Å². The molecule has 20 heteroatoms. The Hall–Kier alpha value is -5.56. The SMILES string of the molecule is O=C(CCCC(=O)ON1C(=O)CCC1=O)ON1C(=O)CCC1=O.O=C(O)CC(CC(=O)O)(N1C(=O)CCC1=O)N1C(=O)CCC1=O. The molecule has 4 rings (SSSR count). The third kappa shape index (κ3) is 7.93. The first kappa shape index (κ1) is 34.9. The summed E-state index contributed by atoms with van der Waals surface area (Å²) in [5.41, 5.74) is -2.34. The number of carbonyl (C=O) groups excluding carboxylic acids is 10. The Labute approximate surface area is 258 Å². The molecule has 0 radical (unpaired) electrons. The Bertz CT molecular complexity index is 1250. The molecule has 4 aliphatic heterocycles. The lowest BCUT2D eigenvalue weighted by Crippen LogP contribution is -2.65. The van der Waals surface area contributed by atoms with Gasteiger partial charge in [-0.15, -0.1) is 10.1 Å². The van der Waals surface area contributed by atoms with E-state index in [4.69, 9.17) is 10.2 Å². The normalized spacial score (nSPS) is 18.4. The molecule has 8 amide bonds. The van der Waals surface area contributed by atoms with E-state index in [1.165, 1.54) is 0 Å². The van der Waals surface area contributed by atoms with Crippen molar-refractivity contribution in [1.29, 1.82) is 0 Å². The Kier molecular flexibility index (Phi) is 11.0. The lowest BCUT2D eigenvalue weighted by molar-refractivity contribution is -0.199. The van der Waals surface area contributed by atoms with Crippen molar-refractivity contribution in [2.45, 2.75) is 89.1 Å². The van der Waals surface area contributed by atoms with Gasteiger partial charge in [0.05, 0.1) is 12.8 Å². The first-order chi connectivity index (χ1) is 21.6. The minimum atomic E-state index is -2.34. The van der Waals surface area contributed by atoms with E-state index >= 15 is 0 Å². The third-order valence-electron chi connectivity index (χ3n) is 6.96. The quantitative estimate of drug-likeness (QED) is 0.222. The molecule has 0 spiro atoms. The van der Waals surface area contributed by atoms with Crippen molar-refractivity contribution in [3.05, 3.63) is 0 Å². The topological polar surface area (TPSA) is 277 Å². The highest BCUT2D eigenvalue weighted by Gasteiger charge is 2.57. The molecule has 4 aliphatic rings. The molecule has 2 N–H and O–H groups in total. The van der Waals surface area contributed by atoms with Crippen LogP contribution in [-0.4, -0.2) is 107 Å². The van der Waals surface area contributed by atoms with Gasteiger partial charge in [-0.25, -0.2) is 9.59 Å². The molecule has 20 nitrogen and oxygen atoms in total. The molecule has 4 heterocycles. The number of carbonyl (C=O) groups is 12. The molecule has 0 bridgehead atoms. The Morgan fingerprint density at radius 3 is 1.02 bits per heavy atom. The Morgan fingerprint density at radius 2 is 0.761 bits per heavy atom. The van der Waals surface area contributed by atoms with Gasteiger partial charge in [0.25, 0.3) is 23.6 Å². The summed E-state index contributed by atoms with van der Waals surface area (Å²) in [5, 5.41) is 19.1. The second-order valence-electron chi connectivity index (χ2n) is 10.3. The lowest BCUT2D eigenvalue weighted by atomic mass is 9.96. The number of nitrogens with zero attached hydrogens (tertiary/aromatic N) is 4. The molecule has 46 heavy (non-hydrogen) atoms. The molecular weight excluding hydrogens is 624 g/mol. The second kappa shape index (κ2) is 14.5. The number of amides is 8. The van der Waals surface area contributed by atoms with Gasteiger partial charge in [-0.1, -0.05) is 0 Å². The van der Waals surface area contributed by atoms with Gasteiger partial charge in [0, 0.05) is 64.2 Å². The highest BCUT2D eigenvalue weighted by molar-refractivity contribution is 6.08. The molecule has 0 aromatic rings. The van der Waals surface area contributed by atoms with E-state index in [9.17, 15) is 57.5 Å². The first-order valence-corrected chi connectivity index (χ1v) is 13.9. The summed E-state index contributed by atoms with van der Waals surface area (Å²) in [7, 11) is 0. The van der Waals surface area contributed by atoms with Gasteiger partial charge in [0.15, 0.2) is 5.66 Å². The van der Waals surface area contributed by atoms with Gasteiger partial charge >= 0.3 is 23.9 Å². The zero-order valence-corrected chi connectivity index (χ0v) is 24.1. The van der Waals surface area contributed by atoms with E-state index in [-0.39, 0.29) is 70.6 Å². The average molecular weight is 653 g/mol. The molecule has 4 fully saturated rings. The molecule has 0 atom stereocenters. The number of aliphatic carboxylic acids is 2. The van der Waals surface area contributed by atoms with Crippen LogP contribution in [0.25, 0.3) is 0 Å². The lowest BCUT2D eigenvalue weighted by Gasteiger charge is -2.43. The minimum Gasteiger partial charge on any atom is -0.481 e. The van der Waals surface area contributed by atoms with Crippen LogP contribution in [0.15, 0.2) is 0 Å². The zero-order valence-electron chi connectivity index (χ0n) is 24.1. The van der Waals surface area contributed by atoms with Crippen molar-refractivity contribution in [3.63, 3.8) is 0 Å². The molecule has 4 saturated heterocycles. The fourth-order valence-corrected chi connectivity index (χ4v) is 5.03. The van der Waals surface area contributed by atoms with Crippen LogP contribution in [-0.2, 0) is 67.2 Å². The van der Waals surface area contributed by atoms with Gasteiger partial charge in [-0.3, -0.25) is 57.7 Å². The van der Waals surface area contributed by atoms with Crippen molar-refractivity contribution in [2.75, 3.05) is 0 Å². The molecule has 0 aliphatic carbocycles. The average Bonchev–Trinajstić information content (AvgIpc) is 3.68. The highest BCUT2D eigenvalue weighted by Crippen LogP contribution is 2.37. The maximum atomic E-state index is 12.0. The second-order valence-corrected chi connectivity index (χ2v) is 10.3. The predicted molar refractivity (Wildman–Crippen MR) is 138 cm³/mol. The molecular formula is C26H28N4O16. The molecule has 0 saturated carbocycles.